The second-order valence-electron chi connectivity index (χ2n) is 5.34. The van der Waals surface area contributed by atoms with Gasteiger partial charge in [-0.25, -0.2) is 0 Å². The number of hydrogen-bond donors (Lipinski definition) is 0. The van der Waals surface area contributed by atoms with Crippen LogP contribution in [0.5, 0.6) is 11.5 Å². The molecular formula is C16H25NO2. The number of hydrogen-bond acceptors (Lipinski definition) is 3. The number of ether oxygens (including phenoxy) is 2. The molecule has 0 aliphatic carbocycles. The van der Waals surface area contributed by atoms with Gasteiger partial charge >= 0.3 is 0 Å². The minimum Gasteiger partial charge on any atom is -0.493 e. The Morgan fingerprint density at radius 3 is 2.68 bits per heavy atom. The SMILES string of the molecule is CCC1CCCN(Cc2ccc(OC)c(OC)c2)C1. The van der Waals surface area contributed by atoms with Gasteiger partial charge in [-0.15, -0.1) is 0 Å². The van der Waals surface area contributed by atoms with Crippen LogP contribution in [0.1, 0.15) is 31.7 Å². The molecule has 0 radical (unpaired) electrons. The smallest absolute Gasteiger partial charge is 0.161 e. The molecule has 1 aliphatic rings. The third kappa shape index (κ3) is 3.63. The molecule has 1 aromatic rings. The van der Waals surface area contributed by atoms with Crippen molar-refractivity contribution in [1.82, 2.24) is 4.90 Å². The van der Waals surface area contributed by atoms with E-state index < -0.39 is 0 Å². The van der Waals surface area contributed by atoms with E-state index >= 15 is 0 Å². The van der Waals surface area contributed by atoms with Gasteiger partial charge in [0.05, 0.1) is 14.2 Å². The van der Waals surface area contributed by atoms with Crippen LogP contribution in [0.25, 0.3) is 0 Å². The van der Waals surface area contributed by atoms with E-state index in [0.29, 0.717) is 0 Å². The maximum atomic E-state index is 5.36. The molecule has 1 unspecified atom stereocenters. The molecule has 1 atom stereocenters. The number of likely N-dealkylation sites (tertiary alicyclic amines) is 1. The molecule has 1 fully saturated rings. The molecule has 3 nitrogen and oxygen atoms in total. The van der Waals surface area contributed by atoms with Crippen LogP contribution in [0, 0.1) is 5.92 Å². The second kappa shape index (κ2) is 6.80. The van der Waals surface area contributed by atoms with Crippen molar-refractivity contribution in [2.45, 2.75) is 32.7 Å². The van der Waals surface area contributed by atoms with Crippen molar-refractivity contribution in [3.05, 3.63) is 23.8 Å². The Balaban J connectivity index is 2.02. The predicted octanol–water partition coefficient (Wildman–Crippen LogP) is 3.33. The molecule has 3 heteroatoms. The molecule has 1 aliphatic heterocycles. The molecule has 1 heterocycles. The van der Waals surface area contributed by atoms with E-state index in [-0.39, 0.29) is 0 Å². The van der Waals surface area contributed by atoms with Gasteiger partial charge in [0.25, 0.3) is 0 Å². The zero-order valence-corrected chi connectivity index (χ0v) is 12.3. The Bertz CT molecular complexity index is 406. The monoisotopic (exact) mass is 263 g/mol. The van der Waals surface area contributed by atoms with E-state index in [9.17, 15) is 0 Å². The van der Waals surface area contributed by atoms with Gasteiger partial charge < -0.3 is 9.47 Å². The third-order valence-electron chi connectivity index (χ3n) is 4.03. The van der Waals surface area contributed by atoms with Gasteiger partial charge in [-0.2, -0.15) is 0 Å². The van der Waals surface area contributed by atoms with Gasteiger partial charge in [0.2, 0.25) is 0 Å². The molecule has 1 saturated heterocycles. The van der Waals surface area contributed by atoms with Crippen LogP contribution in [0.4, 0.5) is 0 Å². The summed E-state index contributed by atoms with van der Waals surface area (Å²) < 4.78 is 10.6. The lowest BCUT2D eigenvalue weighted by atomic mass is 9.95. The van der Waals surface area contributed by atoms with Crippen LogP contribution in [0.3, 0.4) is 0 Å². The summed E-state index contributed by atoms with van der Waals surface area (Å²) in [6.45, 7) is 5.75. The minimum atomic E-state index is 0.802. The predicted molar refractivity (Wildman–Crippen MR) is 77.8 cm³/mol. The summed E-state index contributed by atoms with van der Waals surface area (Å²) in [6.07, 6.45) is 4.01. The normalized spacial score (nSPS) is 20.3. The first kappa shape index (κ1) is 14.2. The second-order valence-corrected chi connectivity index (χ2v) is 5.34. The largest absolute Gasteiger partial charge is 0.493 e. The lowest BCUT2D eigenvalue weighted by molar-refractivity contribution is 0.164. The molecular weight excluding hydrogens is 238 g/mol. The maximum Gasteiger partial charge on any atom is 0.161 e. The van der Waals surface area contributed by atoms with Crippen molar-refractivity contribution < 1.29 is 9.47 Å². The molecule has 0 aromatic heterocycles. The first-order valence-corrected chi connectivity index (χ1v) is 7.20. The lowest BCUT2D eigenvalue weighted by Gasteiger charge is -2.32. The van der Waals surface area contributed by atoms with E-state index in [2.05, 4.69) is 24.0 Å². The molecule has 0 N–H and O–H groups in total. The number of methoxy groups -OCH3 is 2. The van der Waals surface area contributed by atoms with Gasteiger partial charge in [0.15, 0.2) is 11.5 Å². The topological polar surface area (TPSA) is 21.7 Å². The highest BCUT2D eigenvalue weighted by atomic mass is 16.5. The highest BCUT2D eigenvalue weighted by molar-refractivity contribution is 5.42. The molecule has 2 rings (SSSR count). The first-order chi connectivity index (χ1) is 9.26. The standard InChI is InChI=1S/C16H25NO2/c1-4-13-6-5-9-17(11-13)12-14-7-8-15(18-2)16(10-14)19-3/h7-8,10,13H,4-6,9,11-12H2,1-3H3. The Kier molecular flexibility index (Phi) is 5.08. The third-order valence-corrected chi connectivity index (χ3v) is 4.03. The summed E-state index contributed by atoms with van der Waals surface area (Å²) >= 11 is 0. The zero-order valence-electron chi connectivity index (χ0n) is 12.3. The van der Waals surface area contributed by atoms with Crippen LogP contribution in [-0.2, 0) is 6.54 Å². The number of piperidine rings is 1. The fourth-order valence-corrected chi connectivity index (χ4v) is 2.87. The first-order valence-electron chi connectivity index (χ1n) is 7.20. The Labute approximate surface area is 116 Å². The van der Waals surface area contributed by atoms with Gasteiger partial charge in [-0.3, -0.25) is 4.90 Å². The molecule has 0 amide bonds. The van der Waals surface area contributed by atoms with Gasteiger partial charge in [0, 0.05) is 13.1 Å². The summed E-state index contributed by atoms with van der Waals surface area (Å²) in [5.74, 6) is 2.49. The molecule has 1 aromatic carbocycles. The lowest BCUT2D eigenvalue weighted by Crippen LogP contribution is -2.34. The van der Waals surface area contributed by atoms with Crippen molar-refractivity contribution >= 4 is 0 Å². The van der Waals surface area contributed by atoms with E-state index in [1.807, 2.05) is 6.07 Å². The van der Waals surface area contributed by atoms with Gasteiger partial charge in [-0.05, 0) is 43.0 Å². The highest BCUT2D eigenvalue weighted by Crippen LogP contribution is 2.29. The van der Waals surface area contributed by atoms with Crippen LogP contribution >= 0.6 is 0 Å². The van der Waals surface area contributed by atoms with Crippen molar-refractivity contribution in [1.29, 1.82) is 0 Å². The molecule has 19 heavy (non-hydrogen) atoms. The molecule has 0 bridgehead atoms. The van der Waals surface area contributed by atoms with E-state index in [1.54, 1.807) is 14.2 Å². The van der Waals surface area contributed by atoms with Crippen molar-refractivity contribution in [3.63, 3.8) is 0 Å². The number of nitrogens with zero attached hydrogens (tertiary/aromatic N) is 1. The quantitative estimate of drug-likeness (QED) is 0.813. The Morgan fingerprint density at radius 1 is 1.21 bits per heavy atom. The fourth-order valence-electron chi connectivity index (χ4n) is 2.87. The van der Waals surface area contributed by atoms with Crippen molar-refractivity contribution in [2.24, 2.45) is 5.92 Å². The van der Waals surface area contributed by atoms with E-state index in [1.165, 1.54) is 37.9 Å². The summed E-state index contributed by atoms with van der Waals surface area (Å²) in [5, 5.41) is 0. The fraction of sp³-hybridized carbons (Fsp3) is 0.625. The summed E-state index contributed by atoms with van der Waals surface area (Å²) in [6, 6.07) is 6.22. The van der Waals surface area contributed by atoms with Crippen LogP contribution in [0.2, 0.25) is 0 Å². The Hall–Kier alpha value is -1.22. The summed E-state index contributed by atoms with van der Waals surface area (Å²) in [7, 11) is 3.36. The van der Waals surface area contributed by atoms with E-state index in [4.69, 9.17) is 9.47 Å². The van der Waals surface area contributed by atoms with Crippen molar-refractivity contribution in [2.75, 3.05) is 27.3 Å². The van der Waals surface area contributed by atoms with Gasteiger partial charge in [-0.1, -0.05) is 19.4 Å². The van der Waals surface area contributed by atoms with E-state index in [0.717, 1.165) is 24.0 Å². The van der Waals surface area contributed by atoms with Crippen LogP contribution in [0.15, 0.2) is 18.2 Å². The zero-order chi connectivity index (χ0) is 13.7. The molecule has 106 valence electrons. The highest BCUT2D eigenvalue weighted by Gasteiger charge is 2.18. The number of rotatable bonds is 5. The molecule has 0 saturated carbocycles. The van der Waals surface area contributed by atoms with Crippen molar-refractivity contribution in [3.8, 4) is 11.5 Å². The Morgan fingerprint density at radius 2 is 2.00 bits per heavy atom. The summed E-state index contributed by atoms with van der Waals surface area (Å²) in [4.78, 5) is 2.55. The maximum absolute atomic E-state index is 5.36. The number of benzene rings is 1. The molecule has 0 spiro atoms. The van der Waals surface area contributed by atoms with Crippen LogP contribution < -0.4 is 9.47 Å². The average molecular weight is 263 g/mol. The minimum absolute atomic E-state index is 0.802. The van der Waals surface area contributed by atoms with Gasteiger partial charge in [0.1, 0.15) is 0 Å². The van der Waals surface area contributed by atoms with Crippen LogP contribution in [-0.4, -0.2) is 32.2 Å². The average Bonchev–Trinajstić information content (AvgIpc) is 2.47. The summed E-state index contributed by atoms with van der Waals surface area (Å²) in [5.41, 5.74) is 1.30.